The first-order valence-electron chi connectivity index (χ1n) is 12.8. The number of rotatable bonds is 8. The summed E-state index contributed by atoms with van der Waals surface area (Å²) in [4.78, 5) is 31.4. The molecule has 2 unspecified atom stereocenters. The number of nitrogens with one attached hydrogen (secondary N) is 2. The Morgan fingerprint density at radius 1 is 1.07 bits per heavy atom. The molecule has 2 aromatic carbocycles. The molecule has 3 N–H and O–H groups in total. The molecule has 0 bridgehead atoms. The minimum Gasteiger partial charge on any atom is -0.478 e. The van der Waals surface area contributed by atoms with Crippen molar-refractivity contribution in [3.8, 4) is 5.69 Å². The third kappa shape index (κ3) is 5.30. The van der Waals surface area contributed by atoms with Crippen LogP contribution in [0.2, 0.25) is 0 Å². The first-order valence-corrected chi connectivity index (χ1v) is 13.2. The van der Waals surface area contributed by atoms with Crippen LogP contribution >= 0.6 is 12.2 Å². The third-order valence-corrected chi connectivity index (χ3v) is 7.42. The molecule has 1 fully saturated rings. The Morgan fingerprint density at radius 2 is 1.80 bits per heavy atom. The summed E-state index contributed by atoms with van der Waals surface area (Å²) >= 11 is 5.75. The van der Waals surface area contributed by atoms with Crippen LogP contribution in [0.15, 0.2) is 79.0 Å². The number of aryl methyl sites for hydroxylation is 1. The summed E-state index contributed by atoms with van der Waals surface area (Å²) in [5.74, 6) is -1.61. The highest BCUT2D eigenvalue weighted by Crippen LogP contribution is 2.41. The molecule has 8 nitrogen and oxygen atoms in total. The van der Waals surface area contributed by atoms with Crippen LogP contribution in [0.1, 0.15) is 51.5 Å². The Labute approximate surface area is 236 Å². The van der Waals surface area contributed by atoms with Gasteiger partial charge < -0.3 is 25.2 Å². The van der Waals surface area contributed by atoms with Gasteiger partial charge in [-0.1, -0.05) is 18.2 Å². The van der Waals surface area contributed by atoms with Gasteiger partial charge in [0.1, 0.15) is 5.82 Å². The molecule has 0 aliphatic carbocycles. The number of carbonyl (C=O) groups is 2. The van der Waals surface area contributed by atoms with Gasteiger partial charge in [0.2, 0.25) is 5.91 Å². The van der Waals surface area contributed by atoms with Crippen LogP contribution in [0.5, 0.6) is 0 Å². The van der Waals surface area contributed by atoms with E-state index in [0.29, 0.717) is 23.0 Å². The number of carboxylic acids is 1. The summed E-state index contributed by atoms with van der Waals surface area (Å²) in [7, 11) is 0. The molecule has 4 aromatic rings. The number of aromatic nitrogens is 2. The lowest BCUT2D eigenvalue weighted by Gasteiger charge is -2.28. The molecular formula is C30H28FN5O3S. The average molecular weight is 558 g/mol. The zero-order valence-corrected chi connectivity index (χ0v) is 22.8. The summed E-state index contributed by atoms with van der Waals surface area (Å²) in [5, 5.41) is 16.5. The van der Waals surface area contributed by atoms with Crippen molar-refractivity contribution in [1.29, 1.82) is 0 Å². The van der Waals surface area contributed by atoms with Gasteiger partial charge in [-0.25, -0.2) is 9.18 Å². The zero-order chi connectivity index (χ0) is 28.4. The molecule has 40 heavy (non-hydrogen) atoms. The number of benzene rings is 2. The van der Waals surface area contributed by atoms with Gasteiger partial charge in [-0.2, -0.15) is 0 Å². The summed E-state index contributed by atoms with van der Waals surface area (Å²) in [6, 6.07) is 19.6. The second kappa shape index (κ2) is 11.3. The fourth-order valence-electron chi connectivity index (χ4n) is 5.27. The Morgan fingerprint density at radius 3 is 2.50 bits per heavy atom. The monoisotopic (exact) mass is 557 g/mol. The first kappa shape index (κ1) is 27.0. The fourth-order valence-corrected chi connectivity index (χ4v) is 5.60. The molecule has 5 rings (SSSR count). The number of halogens is 1. The summed E-state index contributed by atoms with van der Waals surface area (Å²) in [5.41, 5.74) is 4.76. The molecule has 1 aliphatic heterocycles. The molecule has 1 amide bonds. The lowest BCUT2D eigenvalue weighted by Crippen LogP contribution is -2.32. The topological polar surface area (TPSA) is 99.5 Å². The number of aromatic carboxylic acids is 1. The van der Waals surface area contributed by atoms with E-state index in [-0.39, 0.29) is 35.8 Å². The van der Waals surface area contributed by atoms with E-state index in [4.69, 9.17) is 12.2 Å². The predicted molar refractivity (Wildman–Crippen MR) is 154 cm³/mol. The van der Waals surface area contributed by atoms with Crippen LogP contribution < -0.4 is 10.6 Å². The molecule has 3 heterocycles. The largest absolute Gasteiger partial charge is 0.478 e. The Balaban J connectivity index is 1.50. The van der Waals surface area contributed by atoms with Crippen molar-refractivity contribution in [2.24, 2.45) is 0 Å². The average Bonchev–Trinajstić information content (AvgIpc) is 3.43. The number of hydrogen-bond donors (Lipinski definition) is 3. The van der Waals surface area contributed by atoms with Gasteiger partial charge in [-0.15, -0.1) is 0 Å². The molecule has 10 heteroatoms. The van der Waals surface area contributed by atoms with Crippen LogP contribution in [0.3, 0.4) is 0 Å². The molecule has 1 aliphatic rings. The number of thiocarbonyl (C=S) groups is 1. The van der Waals surface area contributed by atoms with E-state index >= 15 is 0 Å². The minimum absolute atomic E-state index is 0.144. The molecule has 0 saturated carbocycles. The van der Waals surface area contributed by atoms with Crippen molar-refractivity contribution < 1.29 is 19.1 Å². The maximum atomic E-state index is 13.3. The smallest absolute Gasteiger partial charge is 0.337 e. The lowest BCUT2D eigenvalue weighted by atomic mass is 9.96. The van der Waals surface area contributed by atoms with E-state index in [0.717, 1.165) is 22.6 Å². The third-order valence-electron chi connectivity index (χ3n) is 7.07. The number of para-hydroxylation sites is 1. The van der Waals surface area contributed by atoms with Crippen LogP contribution in [0.25, 0.3) is 5.69 Å². The van der Waals surface area contributed by atoms with Crippen LogP contribution in [-0.4, -0.2) is 43.1 Å². The van der Waals surface area contributed by atoms with E-state index in [1.807, 2.05) is 53.6 Å². The quantitative estimate of drug-likeness (QED) is 0.252. The molecule has 2 aromatic heterocycles. The van der Waals surface area contributed by atoms with E-state index in [1.54, 1.807) is 24.4 Å². The summed E-state index contributed by atoms with van der Waals surface area (Å²) < 4.78 is 15.2. The highest BCUT2D eigenvalue weighted by atomic mass is 32.1. The van der Waals surface area contributed by atoms with E-state index < -0.39 is 5.97 Å². The number of carbonyl (C=O) groups excluding carboxylic acids is 1. The summed E-state index contributed by atoms with van der Waals surface area (Å²) in [6.45, 7) is 4.21. The van der Waals surface area contributed by atoms with Crippen molar-refractivity contribution in [1.82, 2.24) is 19.8 Å². The Hall–Kier alpha value is -4.57. The standard InChI is InChI=1S/C30H28FN5O3S/c1-18-17-23(19(2)36(18)25-9-4-3-7-22(25)29(38)39)28-27(24-8-5-6-15-32-24)34-30(40)35(28)16-14-26(37)33-21-12-10-20(31)11-13-21/h3-13,15,17,27-28H,14,16H2,1-2H3,(H,33,37)(H,34,40)(H,38,39). The van der Waals surface area contributed by atoms with Crippen molar-refractivity contribution in [2.45, 2.75) is 32.4 Å². The second-order valence-corrected chi connectivity index (χ2v) is 10.00. The molecule has 0 radical (unpaired) electrons. The highest BCUT2D eigenvalue weighted by molar-refractivity contribution is 7.80. The van der Waals surface area contributed by atoms with Gasteiger partial charge in [0, 0.05) is 36.2 Å². The van der Waals surface area contributed by atoms with Gasteiger partial charge in [0.05, 0.1) is 29.0 Å². The first-order chi connectivity index (χ1) is 19.2. The molecule has 204 valence electrons. The minimum atomic E-state index is -1.01. The van der Waals surface area contributed by atoms with E-state index in [2.05, 4.69) is 15.6 Å². The highest BCUT2D eigenvalue weighted by Gasteiger charge is 2.41. The normalized spacial score (nSPS) is 16.6. The maximum Gasteiger partial charge on any atom is 0.337 e. The number of hydrogen-bond acceptors (Lipinski definition) is 4. The van der Waals surface area contributed by atoms with Crippen molar-refractivity contribution in [3.63, 3.8) is 0 Å². The van der Waals surface area contributed by atoms with Crippen molar-refractivity contribution in [2.75, 3.05) is 11.9 Å². The van der Waals surface area contributed by atoms with Gasteiger partial charge in [-0.3, -0.25) is 9.78 Å². The number of carboxylic acid groups (broad SMARTS) is 1. The van der Waals surface area contributed by atoms with Crippen LogP contribution in [0.4, 0.5) is 10.1 Å². The van der Waals surface area contributed by atoms with Crippen LogP contribution in [0, 0.1) is 19.7 Å². The van der Waals surface area contributed by atoms with Gasteiger partial charge in [-0.05, 0) is 86.2 Å². The number of pyridine rings is 1. The van der Waals surface area contributed by atoms with Crippen LogP contribution in [-0.2, 0) is 4.79 Å². The number of amides is 1. The number of nitrogens with zero attached hydrogens (tertiary/aromatic N) is 3. The Kier molecular flexibility index (Phi) is 7.61. The number of anilines is 1. The molecule has 2 atom stereocenters. The zero-order valence-electron chi connectivity index (χ0n) is 22.0. The van der Waals surface area contributed by atoms with E-state index in [9.17, 15) is 19.1 Å². The lowest BCUT2D eigenvalue weighted by molar-refractivity contribution is -0.116. The molecule has 0 spiro atoms. The van der Waals surface area contributed by atoms with Gasteiger partial charge >= 0.3 is 5.97 Å². The van der Waals surface area contributed by atoms with Crippen molar-refractivity contribution in [3.05, 3.63) is 113 Å². The molecule has 1 saturated heterocycles. The van der Waals surface area contributed by atoms with Gasteiger partial charge in [0.15, 0.2) is 5.11 Å². The second-order valence-electron chi connectivity index (χ2n) is 9.61. The van der Waals surface area contributed by atoms with Crippen molar-refractivity contribution >= 4 is 34.9 Å². The van der Waals surface area contributed by atoms with Gasteiger partial charge in [0.25, 0.3) is 0 Å². The SMILES string of the molecule is Cc1cc(C2C(c3ccccn3)NC(=S)N2CCC(=O)Nc2ccc(F)cc2)c(C)n1-c1ccccc1C(=O)O. The summed E-state index contributed by atoms with van der Waals surface area (Å²) in [6.07, 6.45) is 1.87. The Bertz CT molecular complexity index is 1570. The predicted octanol–water partition coefficient (Wildman–Crippen LogP) is 5.33. The maximum absolute atomic E-state index is 13.3. The van der Waals surface area contributed by atoms with E-state index in [1.165, 1.54) is 24.3 Å². The molecular weight excluding hydrogens is 529 g/mol. The fraction of sp³-hybridized carbons (Fsp3) is 0.200.